The quantitative estimate of drug-likeness (QED) is 0.805. The lowest BCUT2D eigenvalue weighted by atomic mass is 10.1. The van der Waals surface area contributed by atoms with Gasteiger partial charge in [0, 0.05) is 26.2 Å². The molecule has 1 N–H and O–H groups in total. The molecule has 0 atom stereocenters. The van der Waals surface area contributed by atoms with Crippen molar-refractivity contribution in [3.05, 3.63) is 35.4 Å². The molecule has 1 aromatic rings. The van der Waals surface area contributed by atoms with Crippen LogP contribution in [-0.2, 0) is 11.2 Å². The van der Waals surface area contributed by atoms with Crippen LogP contribution in [0.1, 0.15) is 11.1 Å². The van der Waals surface area contributed by atoms with Crippen molar-refractivity contribution in [1.29, 1.82) is 5.26 Å². The Morgan fingerprint density at radius 1 is 1.41 bits per heavy atom. The Kier molecular flexibility index (Phi) is 3.73. The molecule has 4 nitrogen and oxygen atoms in total. The fraction of sp³-hybridized carbons (Fsp3) is 0.385. The van der Waals surface area contributed by atoms with Gasteiger partial charge in [0.15, 0.2) is 0 Å². The molecule has 0 aromatic heterocycles. The molecule has 1 aromatic carbocycles. The van der Waals surface area contributed by atoms with Gasteiger partial charge in [-0.2, -0.15) is 5.26 Å². The third-order valence-corrected chi connectivity index (χ3v) is 2.88. The molecule has 1 heterocycles. The molecule has 4 heteroatoms. The van der Waals surface area contributed by atoms with Crippen LogP contribution in [0.25, 0.3) is 0 Å². The Balaban J connectivity index is 1.99. The minimum Gasteiger partial charge on any atom is -0.340 e. The Morgan fingerprint density at radius 3 is 2.88 bits per heavy atom. The summed E-state index contributed by atoms with van der Waals surface area (Å²) in [7, 11) is 0. The standard InChI is InChI=1S/C13H15N3O/c14-10-12-3-1-2-11(8-12)9-13(17)16-6-4-15-5-7-16/h1-3,8,15H,4-7,9H2. The number of benzene rings is 1. The first-order valence-corrected chi connectivity index (χ1v) is 5.77. The van der Waals surface area contributed by atoms with Crippen molar-refractivity contribution >= 4 is 5.91 Å². The molecule has 1 saturated heterocycles. The van der Waals surface area contributed by atoms with Crippen LogP contribution in [0.5, 0.6) is 0 Å². The third-order valence-electron chi connectivity index (χ3n) is 2.88. The summed E-state index contributed by atoms with van der Waals surface area (Å²) in [6, 6.07) is 9.32. The topological polar surface area (TPSA) is 56.1 Å². The van der Waals surface area contributed by atoms with Crippen LogP contribution in [-0.4, -0.2) is 37.0 Å². The number of hydrogen-bond donors (Lipinski definition) is 1. The summed E-state index contributed by atoms with van der Waals surface area (Å²) < 4.78 is 0. The molecule has 0 radical (unpaired) electrons. The smallest absolute Gasteiger partial charge is 0.227 e. The van der Waals surface area contributed by atoms with Crippen molar-refractivity contribution in [3.8, 4) is 6.07 Å². The maximum atomic E-state index is 12.0. The molecule has 1 fully saturated rings. The molecule has 88 valence electrons. The molecule has 0 spiro atoms. The maximum absolute atomic E-state index is 12.0. The monoisotopic (exact) mass is 229 g/mol. The summed E-state index contributed by atoms with van der Waals surface area (Å²) in [5.74, 6) is 0.140. The second kappa shape index (κ2) is 5.46. The fourth-order valence-corrected chi connectivity index (χ4v) is 1.95. The van der Waals surface area contributed by atoms with Gasteiger partial charge in [0.2, 0.25) is 5.91 Å². The number of carbonyl (C=O) groups excluding carboxylic acids is 1. The van der Waals surface area contributed by atoms with E-state index in [0.29, 0.717) is 12.0 Å². The molecule has 0 unspecified atom stereocenters. The first-order valence-electron chi connectivity index (χ1n) is 5.77. The second-order valence-corrected chi connectivity index (χ2v) is 4.12. The first kappa shape index (κ1) is 11.6. The van der Waals surface area contributed by atoms with Gasteiger partial charge >= 0.3 is 0 Å². The Hall–Kier alpha value is -1.86. The summed E-state index contributed by atoms with van der Waals surface area (Å²) in [6.07, 6.45) is 0.384. The van der Waals surface area contributed by atoms with E-state index >= 15 is 0 Å². The number of nitrogens with zero attached hydrogens (tertiary/aromatic N) is 2. The van der Waals surface area contributed by atoms with Crippen LogP contribution in [0.15, 0.2) is 24.3 Å². The highest BCUT2D eigenvalue weighted by Gasteiger charge is 2.16. The molecule has 0 bridgehead atoms. The van der Waals surface area contributed by atoms with E-state index in [2.05, 4.69) is 11.4 Å². The van der Waals surface area contributed by atoms with Gasteiger partial charge in [-0.3, -0.25) is 4.79 Å². The summed E-state index contributed by atoms with van der Waals surface area (Å²) in [5.41, 5.74) is 1.52. The van der Waals surface area contributed by atoms with Crippen molar-refractivity contribution in [2.75, 3.05) is 26.2 Å². The predicted molar refractivity (Wildman–Crippen MR) is 64.3 cm³/mol. The van der Waals surface area contributed by atoms with Crippen LogP contribution in [0.4, 0.5) is 0 Å². The van der Waals surface area contributed by atoms with E-state index in [1.54, 1.807) is 12.1 Å². The van der Waals surface area contributed by atoms with Gasteiger partial charge in [0.05, 0.1) is 18.1 Å². The highest BCUT2D eigenvalue weighted by molar-refractivity contribution is 5.79. The van der Waals surface area contributed by atoms with E-state index in [1.165, 1.54) is 0 Å². The lowest BCUT2D eigenvalue weighted by Crippen LogP contribution is -2.46. The van der Waals surface area contributed by atoms with Crippen molar-refractivity contribution < 1.29 is 4.79 Å². The molecule has 1 aliphatic heterocycles. The van der Waals surface area contributed by atoms with E-state index in [4.69, 9.17) is 5.26 Å². The number of nitriles is 1. The van der Waals surface area contributed by atoms with Crippen molar-refractivity contribution in [3.63, 3.8) is 0 Å². The van der Waals surface area contributed by atoms with Crippen molar-refractivity contribution in [1.82, 2.24) is 10.2 Å². The zero-order chi connectivity index (χ0) is 12.1. The van der Waals surface area contributed by atoms with Gasteiger partial charge in [0.25, 0.3) is 0 Å². The zero-order valence-corrected chi connectivity index (χ0v) is 9.65. The number of piperazine rings is 1. The van der Waals surface area contributed by atoms with Gasteiger partial charge in [-0.15, -0.1) is 0 Å². The highest BCUT2D eigenvalue weighted by atomic mass is 16.2. The average molecular weight is 229 g/mol. The average Bonchev–Trinajstić information content (AvgIpc) is 2.40. The lowest BCUT2D eigenvalue weighted by Gasteiger charge is -2.27. The number of carbonyl (C=O) groups is 1. The van der Waals surface area contributed by atoms with Crippen LogP contribution in [0.2, 0.25) is 0 Å². The SMILES string of the molecule is N#Cc1cccc(CC(=O)N2CCNCC2)c1. The van der Waals surface area contributed by atoms with Gasteiger partial charge in [0.1, 0.15) is 0 Å². The highest BCUT2D eigenvalue weighted by Crippen LogP contribution is 2.07. The number of rotatable bonds is 2. The number of nitrogens with one attached hydrogen (secondary N) is 1. The molecular weight excluding hydrogens is 214 g/mol. The Labute approximate surface area is 101 Å². The van der Waals surface area contributed by atoms with Gasteiger partial charge < -0.3 is 10.2 Å². The van der Waals surface area contributed by atoms with Gasteiger partial charge in [-0.05, 0) is 17.7 Å². The van der Waals surface area contributed by atoms with E-state index < -0.39 is 0 Å². The second-order valence-electron chi connectivity index (χ2n) is 4.12. The van der Waals surface area contributed by atoms with Crippen molar-refractivity contribution in [2.24, 2.45) is 0 Å². The van der Waals surface area contributed by atoms with E-state index in [1.807, 2.05) is 17.0 Å². The van der Waals surface area contributed by atoms with Crippen LogP contribution < -0.4 is 5.32 Å². The summed E-state index contributed by atoms with van der Waals surface area (Å²) >= 11 is 0. The van der Waals surface area contributed by atoms with Crippen LogP contribution in [0.3, 0.4) is 0 Å². The molecule has 2 rings (SSSR count). The molecule has 0 saturated carbocycles. The minimum absolute atomic E-state index is 0.140. The number of amides is 1. The van der Waals surface area contributed by atoms with Crippen LogP contribution in [0, 0.1) is 11.3 Å². The Bertz CT molecular complexity index is 444. The largest absolute Gasteiger partial charge is 0.340 e. The van der Waals surface area contributed by atoms with E-state index in [0.717, 1.165) is 31.7 Å². The first-order chi connectivity index (χ1) is 8.29. The molecule has 17 heavy (non-hydrogen) atoms. The van der Waals surface area contributed by atoms with E-state index in [9.17, 15) is 4.79 Å². The Morgan fingerprint density at radius 2 is 2.18 bits per heavy atom. The summed E-state index contributed by atoms with van der Waals surface area (Å²) in [5, 5.41) is 12.0. The van der Waals surface area contributed by atoms with E-state index in [-0.39, 0.29) is 5.91 Å². The zero-order valence-electron chi connectivity index (χ0n) is 9.65. The normalized spacial score (nSPS) is 15.4. The maximum Gasteiger partial charge on any atom is 0.227 e. The summed E-state index contributed by atoms with van der Waals surface area (Å²) in [4.78, 5) is 13.9. The minimum atomic E-state index is 0.140. The molecule has 1 amide bonds. The summed E-state index contributed by atoms with van der Waals surface area (Å²) in [6.45, 7) is 3.28. The fourth-order valence-electron chi connectivity index (χ4n) is 1.95. The van der Waals surface area contributed by atoms with Gasteiger partial charge in [-0.1, -0.05) is 12.1 Å². The third kappa shape index (κ3) is 3.05. The van der Waals surface area contributed by atoms with Crippen LogP contribution >= 0.6 is 0 Å². The molecule has 1 aliphatic rings. The van der Waals surface area contributed by atoms with Crippen molar-refractivity contribution in [2.45, 2.75) is 6.42 Å². The number of hydrogen-bond acceptors (Lipinski definition) is 3. The predicted octanol–water partition coefficient (Wildman–Crippen LogP) is 0.533. The lowest BCUT2D eigenvalue weighted by molar-refractivity contribution is -0.131. The van der Waals surface area contributed by atoms with Gasteiger partial charge in [-0.25, -0.2) is 0 Å². The molecule has 0 aliphatic carbocycles. The molecular formula is C13H15N3O.